The molecule has 5 rings (SSSR count). The van der Waals surface area contributed by atoms with Crippen LogP contribution in [0.15, 0.2) is 85.2 Å². The second-order valence-electron chi connectivity index (χ2n) is 9.59. The Morgan fingerprint density at radius 2 is 1.50 bits per heavy atom. The maximum absolute atomic E-state index is 12.2. The fraction of sp³-hybridized carbons (Fsp3) is 0.267. The lowest BCUT2D eigenvalue weighted by Crippen LogP contribution is -2.34. The van der Waals surface area contributed by atoms with Crippen molar-refractivity contribution in [2.75, 3.05) is 0 Å². The lowest BCUT2D eigenvalue weighted by atomic mass is 10.00. The lowest BCUT2D eigenvalue weighted by molar-refractivity contribution is -0.252. The van der Waals surface area contributed by atoms with Gasteiger partial charge in [-0.2, -0.15) is 0 Å². The Kier molecular flexibility index (Phi) is 9.36. The van der Waals surface area contributed by atoms with Crippen LogP contribution in [0.1, 0.15) is 46.6 Å². The number of carbonyl (C=O) groups is 1. The number of hydrogen-bond acceptors (Lipinski definition) is 5. The molecule has 2 amide bonds. The first-order chi connectivity index (χ1) is 19.5. The molecule has 0 unspecified atom stereocenters. The van der Waals surface area contributed by atoms with Crippen molar-refractivity contribution in [3.8, 4) is 0 Å². The van der Waals surface area contributed by atoms with E-state index >= 15 is 0 Å². The standard InChI is InChI=1S/C30H30Cl2N4O4/c31-27-28(32)36(19-35-27)17-25-14-26(23-10-8-22(18-37)9-11-23)40-29(39-25)24-12-6-21(7-13-24)16-34-30(38)33-15-20-4-2-1-3-5-20/h1-13,19,25-26,29,37H,14-18H2,(H2,33,34,38)/t25-,26+,29+/m0/s1. The molecule has 3 N–H and O–H groups in total. The number of carbonyl (C=O) groups excluding carboxylic acids is 1. The number of benzene rings is 3. The quantitative estimate of drug-likeness (QED) is 0.228. The Bertz CT molecular complexity index is 1400. The SMILES string of the molecule is O=C(NCc1ccccc1)NCc1ccc([C@@H]2O[C@H](Cn3cnc(Cl)c3Cl)C[C@H](c3ccc(CO)cc3)O2)cc1. The summed E-state index contributed by atoms with van der Waals surface area (Å²) in [5, 5.41) is 15.8. The van der Waals surface area contributed by atoms with Crippen LogP contribution in [-0.4, -0.2) is 26.8 Å². The number of aromatic nitrogens is 2. The maximum atomic E-state index is 12.2. The molecule has 2 heterocycles. The highest BCUT2D eigenvalue weighted by molar-refractivity contribution is 6.40. The van der Waals surface area contributed by atoms with Gasteiger partial charge in [-0.3, -0.25) is 0 Å². The summed E-state index contributed by atoms with van der Waals surface area (Å²) in [4.78, 5) is 16.3. The summed E-state index contributed by atoms with van der Waals surface area (Å²) >= 11 is 12.4. The molecule has 0 aliphatic carbocycles. The smallest absolute Gasteiger partial charge is 0.315 e. The summed E-state index contributed by atoms with van der Waals surface area (Å²) in [5.74, 6) is 0. The Balaban J connectivity index is 1.24. The molecule has 40 heavy (non-hydrogen) atoms. The van der Waals surface area contributed by atoms with Crippen LogP contribution in [0.3, 0.4) is 0 Å². The third-order valence-electron chi connectivity index (χ3n) is 6.75. The summed E-state index contributed by atoms with van der Waals surface area (Å²) in [6.07, 6.45) is 1.13. The van der Waals surface area contributed by atoms with Crippen molar-refractivity contribution in [1.29, 1.82) is 0 Å². The minimum Gasteiger partial charge on any atom is -0.392 e. The van der Waals surface area contributed by atoms with Crippen LogP contribution < -0.4 is 10.6 Å². The normalized spacial score (nSPS) is 18.8. The van der Waals surface area contributed by atoms with Gasteiger partial charge in [-0.25, -0.2) is 9.78 Å². The highest BCUT2D eigenvalue weighted by Crippen LogP contribution is 2.39. The van der Waals surface area contributed by atoms with E-state index in [0.717, 1.165) is 27.8 Å². The highest BCUT2D eigenvalue weighted by Gasteiger charge is 2.32. The lowest BCUT2D eigenvalue weighted by Gasteiger charge is -2.36. The first kappa shape index (κ1) is 28.1. The molecular formula is C30H30Cl2N4O4. The maximum Gasteiger partial charge on any atom is 0.315 e. The number of hydrogen-bond donors (Lipinski definition) is 3. The van der Waals surface area contributed by atoms with E-state index in [1.54, 1.807) is 10.9 Å². The molecule has 10 heteroatoms. The van der Waals surface area contributed by atoms with Crippen LogP contribution >= 0.6 is 23.2 Å². The molecule has 3 aromatic carbocycles. The zero-order chi connectivity index (χ0) is 27.9. The molecule has 1 aliphatic heterocycles. The number of imidazole rings is 1. The van der Waals surface area contributed by atoms with Crippen molar-refractivity contribution >= 4 is 29.2 Å². The monoisotopic (exact) mass is 580 g/mol. The summed E-state index contributed by atoms with van der Waals surface area (Å²) in [5.41, 5.74) is 4.67. The Morgan fingerprint density at radius 3 is 2.12 bits per heavy atom. The van der Waals surface area contributed by atoms with Gasteiger partial charge in [0, 0.05) is 25.1 Å². The second-order valence-corrected chi connectivity index (χ2v) is 10.3. The van der Waals surface area contributed by atoms with Crippen molar-refractivity contribution in [3.63, 3.8) is 0 Å². The molecule has 0 spiro atoms. The van der Waals surface area contributed by atoms with Gasteiger partial charge in [-0.15, -0.1) is 0 Å². The van der Waals surface area contributed by atoms with Gasteiger partial charge in [0.25, 0.3) is 0 Å². The van der Waals surface area contributed by atoms with E-state index in [9.17, 15) is 9.90 Å². The van der Waals surface area contributed by atoms with Crippen molar-refractivity contribution in [3.05, 3.63) is 123 Å². The molecule has 1 saturated heterocycles. The number of rotatable bonds is 9. The third-order valence-corrected chi connectivity index (χ3v) is 7.52. The van der Waals surface area contributed by atoms with E-state index in [2.05, 4.69) is 15.6 Å². The number of aliphatic hydroxyl groups is 1. The molecule has 0 bridgehead atoms. The molecule has 8 nitrogen and oxygen atoms in total. The summed E-state index contributed by atoms with van der Waals surface area (Å²) in [6.45, 7) is 1.29. The van der Waals surface area contributed by atoms with E-state index < -0.39 is 6.29 Å². The van der Waals surface area contributed by atoms with E-state index in [4.69, 9.17) is 32.7 Å². The van der Waals surface area contributed by atoms with Gasteiger partial charge in [-0.1, -0.05) is 102 Å². The van der Waals surface area contributed by atoms with Crippen LogP contribution in [-0.2, 0) is 35.7 Å². The molecule has 208 valence electrons. The van der Waals surface area contributed by atoms with Crippen LogP contribution in [0.2, 0.25) is 10.3 Å². The van der Waals surface area contributed by atoms with Crippen molar-refractivity contribution < 1.29 is 19.4 Å². The van der Waals surface area contributed by atoms with E-state index in [1.807, 2.05) is 78.9 Å². The topological polar surface area (TPSA) is 97.6 Å². The van der Waals surface area contributed by atoms with Gasteiger partial charge in [0.1, 0.15) is 5.15 Å². The van der Waals surface area contributed by atoms with Gasteiger partial charge >= 0.3 is 6.03 Å². The number of aliphatic hydroxyl groups excluding tert-OH is 1. The number of urea groups is 1. The Labute approximate surface area is 242 Å². The molecular weight excluding hydrogens is 551 g/mol. The summed E-state index contributed by atoms with van der Waals surface area (Å²) < 4.78 is 14.5. The van der Waals surface area contributed by atoms with Crippen molar-refractivity contribution in [2.45, 2.75) is 51.2 Å². The second kappa shape index (κ2) is 13.3. The number of amides is 2. The fourth-order valence-corrected chi connectivity index (χ4v) is 4.85. The van der Waals surface area contributed by atoms with E-state index in [-0.39, 0.29) is 30.0 Å². The number of nitrogens with one attached hydrogen (secondary N) is 2. The molecule has 1 aromatic heterocycles. The van der Waals surface area contributed by atoms with Gasteiger partial charge in [-0.05, 0) is 22.3 Å². The average molecular weight is 582 g/mol. The zero-order valence-corrected chi connectivity index (χ0v) is 23.2. The first-order valence-electron chi connectivity index (χ1n) is 13.0. The van der Waals surface area contributed by atoms with Crippen molar-refractivity contribution in [2.24, 2.45) is 0 Å². The summed E-state index contributed by atoms with van der Waals surface area (Å²) in [7, 11) is 0. The van der Waals surface area contributed by atoms with Gasteiger partial charge < -0.3 is 29.8 Å². The number of halogens is 2. The van der Waals surface area contributed by atoms with Crippen LogP contribution in [0, 0.1) is 0 Å². The van der Waals surface area contributed by atoms with E-state index in [1.165, 1.54) is 0 Å². The zero-order valence-electron chi connectivity index (χ0n) is 21.7. The minimum absolute atomic E-state index is 0.0179. The average Bonchev–Trinajstić information content (AvgIpc) is 3.31. The Morgan fingerprint density at radius 1 is 0.875 bits per heavy atom. The highest BCUT2D eigenvalue weighted by atomic mass is 35.5. The van der Waals surface area contributed by atoms with Crippen LogP contribution in [0.5, 0.6) is 0 Å². The first-order valence-corrected chi connectivity index (χ1v) is 13.8. The van der Waals surface area contributed by atoms with E-state index in [0.29, 0.717) is 31.2 Å². The fourth-order valence-electron chi connectivity index (χ4n) is 4.54. The predicted octanol–water partition coefficient (Wildman–Crippen LogP) is 5.93. The van der Waals surface area contributed by atoms with Gasteiger partial charge in [0.15, 0.2) is 11.4 Å². The number of ether oxygens (including phenoxy) is 2. The minimum atomic E-state index is -0.616. The molecule has 0 radical (unpaired) electrons. The Hall–Kier alpha value is -3.40. The molecule has 0 saturated carbocycles. The molecule has 1 fully saturated rings. The van der Waals surface area contributed by atoms with Crippen LogP contribution in [0.25, 0.3) is 0 Å². The van der Waals surface area contributed by atoms with Gasteiger partial charge in [0.05, 0.1) is 31.7 Å². The molecule has 4 aromatic rings. The molecule has 3 atom stereocenters. The van der Waals surface area contributed by atoms with Crippen LogP contribution in [0.4, 0.5) is 4.79 Å². The van der Waals surface area contributed by atoms with Crippen molar-refractivity contribution in [1.82, 2.24) is 20.2 Å². The van der Waals surface area contributed by atoms with Gasteiger partial charge in [0.2, 0.25) is 0 Å². The number of nitrogens with zero attached hydrogens (tertiary/aromatic N) is 2. The molecule has 1 aliphatic rings. The summed E-state index contributed by atoms with van der Waals surface area (Å²) in [6, 6.07) is 25.0. The third kappa shape index (κ3) is 7.21. The largest absolute Gasteiger partial charge is 0.392 e. The predicted molar refractivity (Wildman–Crippen MR) is 153 cm³/mol.